The molecule has 2 N–H and O–H groups in total. The van der Waals surface area contributed by atoms with Crippen molar-refractivity contribution in [1.82, 2.24) is 20.8 Å². The lowest BCUT2D eigenvalue weighted by Crippen LogP contribution is -2.38. The first-order chi connectivity index (χ1) is 13.0. The molecule has 0 saturated carbocycles. The Morgan fingerprint density at radius 1 is 1.29 bits per heavy atom. The minimum absolute atomic E-state index is 0. The summed E-state index contributed by atoms with van der Waals surface area (Å²) in [5.74, 6) is 2.15. The Balaban J connectivity index is 0.00000392. The van der Waals surface area contributed by atoms with Gasteiger partial charge in [-0.25, -0.2) is 4.39 Å². The summed E-state index contributed by atoms with van der Waals surface area (Å²) in [6, 6.07) is 5.16. The van der Waals surface area contributed by atoms with E-state index in [4.69, 9.17) is 4.52 Å². The van der Waals surface area contributed by atoms with Gasteiger partial charge < -0.3 is 15.2 Å². The minimum atomic E-state index is -0.182. The summed E-state index contributed by atoms with van der Waals surface area (Å²) in [6.07, 6.45) is 2.06. The first kappa shape index (κ1) is 24.8. The van der Waals surface area contributed by atoms with Gasteiger partial charge in [0.15, 0.2) is 11.8 Å². The van der Waals surface area contributed by atoms with Crippen molar-refractivity contribution in [3.8, 4) is 0 Å². The number of nitrogens with zero attached hydrogens (tertiary/aromatic N) is 3. The van der Waals surface area contributed by atoms with Crippen LogP contribution in [0.3, 0.4) is 0 Å². The quantitative estimate of drug-likeness (QED) is 0.203. The van der Waals surface area contributed by atoms with Gasteiger partial charge in [0.2, 0.25) is 5.89 Å². The van der Waals surface area contributed by atoms with Gasteiger partial charge in [-0.15, -0.1) is 24.0 Å². The van der Waals surface area contributed by atoms with Crippen molar-refractivity contribution in [2.75, 3.05) is 19.6 Å². The molecular weight excluding hydrogens is 540 g/mol. The van der Waals surface area contributed by atoms with E-state index in [0.717, 1.165) is 29.2 Å². The molecule has 0 radical (unpaired) electrons. The number of guanidine groups is 1. The van der Waals surface area contributed by atoms with Crippen LogP contribution in [-0.2, 0) is 12.8 Å². The molecule has 6 nitrogen and oxygen atoms in total. The molecule has 9 heteroatoms. The number of rotatable bonds is 9. The molecule has 0 aliphatic carbocycles. The maximum absolute atomic E-state index is 13.8. The SMILES string of the molecule is CCNC(=NCCCc1ccc(Br)cc1F)NCCc1nc(C(C)C)no1.I. The Kier molecular flexibility index (Phi) is 11.6. The number of nitrogens with one attached hydrogen (secondary N) is 2. The van der Waals surface area contributed by atoms with E-state index in [-0.39, 0.29) is 35.7 Å². The third kappa shape index (κ3) is 8.42. The molecule has 0 atom stereocenters. The highest BCUT2D eigenvalue weighted by Gasteiger charge is 2.09. The lowest BCUT2D eigenvalue weighted by molar-refractivity contribution is 0.371. The van der Waals surface area contributed by atoms with Crippen molar-refractivity contribution in [1.29, 1.82) is 0 Å². The van der Waals surface area contributed by atoms with Crippen LogP contribution in [0.1, 0.15) is 50.4 Å². The molecule has 0 fully saturated rings. The summed E-state index contributed by atoms with van der Waals surface area (Å²) in [4.78, 5) is 8.90. The highest BCUT2D eigenvalue weighted by molar-refractivity contribution is 14.0. The molecule has 0 aliphatic heterocycles. The average molecular weight is 568 g/mol. The Hall–Kier alpha value is -1.23. The lowest BCUT2D eigenvalue weighted by Gasteiger charge is -2.10. The van der Waals surface area contributed by atoms with Crippen LogP contribution in [0.4, 0.5) is 4.39 Å². The van der Waals surface area contributed by atoms with Gasteiger partial charge in [0.05, 0.1) is 0 Å². The molecule has 2 rings (SSSR count). The molecule has 1 heterocycles. The largest absolute Gasteiger partial charge is 0.357 e. The third-order valence-corrected chi connectivity index (χ3v) is 4.36. The van der Waals surface area contributed by atoms with E-state index in [9.17, 15) is 4.39 Å². The number of aryl methyl sites for hydroxylation is 1. The first-order valence-electron chi connectivity index (χ1n) is 9.28. The maximum atomic E-state index is 13.8. The molecule has 0 spiro atoms. The number of aliphatic imine (C=N–C) groups is 1. The van der Waals surface area contributed by atoms with E-state index in [2.05, 4.69) is 41.7 Å². The molecule has 156 valence electrons. The molecule has 0 saturated heterocycles. The van der Waals surface area contributed by atoms with Crippen LogP contribution in [-0.4, -0.2) is 35.7 Å². The summed E-state index contributed by atoms with van der Waals surface area (Å²) >= 11 is 3.27. The molecule has 2 aromatic rings. The zero-order valence-corrected chi connectivity index (χ0v) is 20.4. The smallest absolute Gasteiger partial charge is 0.228 e. The number of aromatic nitrogens is 2. The normalized spacial score (nSPS) is 11.4. The van der Waals surface area contributed by atoms with Crippen LogP contribution in [0.5, 0.6) is 0 Å². The monoisotopic (exact) mass is 567 g/mol. The van der Waals surface area contributed by atoms with Gasteiger partial charge in [0.1, 0.15) is 5.82 Å². The van der Waals surface area contributed by atoms with Gasteiger partial charge in [0, 0.05) is 36.4 Å². The van der Waals surface area contributed by atoms with E-state index in [0.29, 0.717) is 37.4 Å². The van der Waals surface area contributed by atoms with Gasteiger partial charge in [-0.2, -0.15) is 4.98 Å². The summed E-state index contributed by atoms with van der Waals surface area (Å²) in [5.41, 5.74) is 0.712. The van der Waals surface area contributed by atoms with E-state index in [1.54, 1.807) is 0 Å². The van der Waals surface area contributed by atoms with E-state index in [1.165, 1.54) is 6.07 Å². The molecule has 0 amide bonds. The van der Waals surface area contributed by atoms with Crippen LogP contribution in [0, 0.1) is 5.82 Å². The Bertz CT molecular complexity index is 754. The summed E-state index contributed by atoms with van der Waals surface area (Å²) in [7, 11) is 0. The van der Waals surface area contributed by atoms with Crippen LogP contribution in [0.2, 0.25) is 0 Å². The van der Waals surface area contributed by atoms with Crippen LogP contribution >= 0.6 is 39.9 Å². The Labute approximate surface area is 191 Å². The number of benzene rings is 1. The second kappa shape index (κ2) is 13.1. The summed E-state index contributed by atoms with van der Waals surface area (Å²) < 4.78 is 19.8. The van der Waals surface area contributed by atoms with Crippen molar-refractivity contribution in [3.05, 3.63) is 45.8 Å². The van der Waals surface area contributed by atoms with Gasteiger partial charge >= 0.3 is 0 Å². The molecule has 0 bridgehead atoms. The zero-order valence-electron chi connectivity index (χ0n) is 16.5. The summed E-state index contributed by atoms with van der Waals surface area (Å²) in [6.45, 7) is 8.11. The lowest BCUT2D eigenvalue weighted by atomic mass is 10.1. The highest BCUT2D eigenvalue weighted by atomic mass is 127. The van der Waals surface area contributed by atoms with E-state index in [1.807, 2.05) is 32.9 Å². The van der Waals surface area contributed by atoms with Crippen molar-refractivity contribution in [2.24, 2.45) is 4.99 Å². The van der Waals surface area contributed by atoms with Crippen molar-refractivity contribution in [3.63, 3.8) is 0 Å². The van der Waals surface area contributed by atoms with Gasteiger partial charge in [-0.05, 0) is 37.5 Å². The van der Waals surface area contributed by atoms with Crippen molar-refractivity contribution >= 4 is 45.9 Å². The average Bonchev–Trinajstić information content (AvgIpc) is 3.09. The van der Waals surface area contributed by atoms with Crippen LogP contribution in [0.25, 0.3) is 0 Å². The van der Waals surface area contributed by atoms with Gasteiger partial charge in [-0.3, -0.25) is 4.99 Å². The fraction of sp³-hybridized carbons (Fsp3) is 0.526. The van der Waals surface area contributed by atoms with E-state index >= 15 is 0 Å². The summed E-state index contributed by atoms with van der Waals surface area (Å²) in [5, 5.41) is 10.4. The van der Waals surface area contributed by atoms with Crippen molar-refractivity contribution < 1.29 is 8.91 Å². The molecule has 0 unspecified atom stereocenters. The Morgan fingerprint density at radius 3 is 2.71 bits per heavy atom. The standard InChI is InChI=1S/C19H27BrFN5O.HI/c1-4-22-19(24-11-9-17-25-18(13(2)3)26-27-17)23-10-5-6-14-7-8-15(20)12-16(14)21;/h7-8,12-13H,4-6,9-11H2,1-3H3,(H2,22,23,24);1H. The molecule has 1 aromatic heterocycles. The third-order valence-electron chi connectivity index (χ3n) is 3.86. The molecule has 0 aliphatic rings. The second-order valence-electron chi connectivity index (χ2n) is 6.48. The fourth-order valence-corrected chi connectivity index (χ4v) is 2.75. The number of hydrogen-bond donors (Lipinski definition) is 2. The predicted molar refractivity (Wildman–Crippen MR) is 124 cm³/mol. The predicted octanol–water partition coefficient (Wildman–Crippen LogP) is 4.44. The van der Waals surface area contributed by atoms with Crippen molar-refractivity contribution in [2.45, 2.75) is 46.0 Å². The topological polar surface area (TPSA) is 75.3 Å². The van der Waals surface area contributed by atoms with Gasteiger partial charge in [-0.1, -0.05) is 41.0 Å². The molecule has 1 aromatic carbocycles. The molecule has 28 heavy (non-hydrogen) atoms. The maximum Gasteiger partial charge on any atom is 0.228 e. The van der Waals surface area contributed by atoms with Crippen LogP contribution in [0.15, 0.2) is 32.2 Å². The highest BCUT2D eigenvalue weighted by Crippen LogP contribution is 2.16. The zero-order chi connectivity index (χ0) is 19.6. The number of hydrogen-bond acceptors (Lipinski definition) is 4. The van der Waals surface area contributed by atoms with Gasteiger partial charge in [0.25, 0.3) is 0 Å². The van der Waals surface area contributed by atoms with Crippen LogP contribution < -0.4 is 10.6 Å². The number of halogens is 3. The second-order valence-corrected chi connectivity index (χ2v) is 7.39. The first-order valence-corrected chi connectivity index (χ1v) is 10.1. The molecular formula is C19H28BrFIN5O. The van der Waals surface area contributed by atoms with E-state index < -0.39 is 0 Å². The Morgan fingerprint density at radius 2 is 2.07 bits per heavy atom. The fourth-order valence-electron chi connectivity index (χ4n) is 2.42. The minimum Gasteiger partial charge on any atom is -0.357 e.